The number of piperidine rings is 1. The second kappa shape index (κ2) is 5.90. The molecule has 1 aliphatic rings. The fourth-order valence-electron chi connectivity index (χ4n) is 3.00. The molecule has 0 atom stereocenters. The molecule has 1 fully saturated rings. The molecule has 0 unspecified atom stereocenters. The lowest BCUT2D eigenvalue weighted by atomic mass is 10.0. The lowest BCUT2D eigenvalue weighted by molar-refractivity contribution is 0.498. The van der Waals surface area contributed by atoms with Crippen molar-refractivity contribution in [1.82, 2.24) is 10.2 Å². The minimum Gasteiger partial charge on any atom is -0.355 e. The quantitative estimate of drug-likeness (QED) is 0.911. The van der Waals surface area contributed by atoms with E-state index < -0.39 is 0 Å². The van der Waals surface area contributed by atoms with Gasteiger partial charge in [0.15, 0.2) is 5.82 Å². The molecule has 2 aromatic rings. The number of rotatable bonds is 3. The Morgan fingerprint density at radius 3 is 2.52 bits per heavy atom. The lowest BCUT2D eigenvalue weighted by Crippen LogP contribution is -2.40. The summed E-state index contributed by atoms with van der Waals surface area (Å²) in [7, 11) is 0. The van der Waals surface area contributed by atoms with Gasteiger partial charge in [0.05, 0.1) is 5.69 Å². The Hall–Kier alpha value is -1.81. The minimum absolute atomic E-state index is 0.349. The Morgan fingerprint density at radius 2 is 1.90 bits per heavy atom. The molecule has 0 spiro atoms. The molecule has 0 aliphatic carbocycles. The van der Waals surface area contributed by atoms with Gasteiger partial charge in [-0.05, 0) is 37.3 Å². The van der Waals surface area contributed by atoms with Crippen LogP contribution in [-0.4, -0.2) is 29.3 Å². The van der Waals surface area contributed by atoms with Crippen molar-refractivity contribution in [3.8, 4) is 11.3 Å². The Morgan fingerprint density at radius 1 is 1.24 bits per heavy atom. The van der Waals surface area contributed by atoms with Crippen LogP contribution in [0.25, 0.3) is 11.3 Å². The maximum Gasteiger partial charge on any atom is 0.153 e. The number of benzene rings is 1. The van der Waals surface area contributed by atoms with Gasteiger partial charge in [-0.3, -0.25) is 5.10 Å². The monoisotopic (exact) mass is 284 g/mol. The molecule has 112 valence electrons. The fourth-order valence-corrected chi connectivity index (χ4v) is 3.00. The zero-order valence-electron chi connectivity index (χ0n) is 12.9. The normalized spacial score (nSPS) is 16.4. The number of aromatic nitrogens is 2. The summed E-state index contributed by atoms with van der Waals surface area (Å²) < 4.78 is 0. The highest BCUT2D eigenvalue weighted by molar-refractivity contribution is 5.69. The Bertz CT molecular complexity index is 592. The van der Waals surface area contributed by atoms with Crippen LogP contribution in [0.4, 0.5) is 5.82 Å². The molecule has 0 saturated carbocycles. The van der Waals surface area contributed by atoms with Crippen LogP contribution in [0.2, 0.25) is 0 Å². The van der Waals surface area contributed by atoms with E-state index in [1.54, 1.807) is 0 Å². The van der Waals surface area contributed by atoms with Crippen LogP contribution >= 0.6 is 0 Å². The highest BCUT2D eigenvalue weighted by Crippen LogP contribution is 2.29. The van der Waals surface area contributed by atoms with E-state index in [0.29, 0.717) is 6.04 Å². The van der Waals surface area contributed by atoms with Gasteiger partial charge in [-0.25, -0.2) is 0 Å². The number of nitrogens with zero attached hydrogens (tertiary/aromatic N) is 2. The number of hydrogen-bond acceptors (Lipinski definition) is 3. The van der Waals surface area contributed by atoms with Crippen LogP contribution in [-0.2, 0) is 6.42 Å². The summed E-state index contributed by atoms with van der Waals surface area (Å²) in [6.45, 7) is 6.33. The average Bonchev–Trinajstić information content (AvgIpc) is 2.90. The smallest absolute Gasteiger partial charge is 0.153 e. The summed E-state index contributed by atoms with van der Waals surface area (Å²) in [4.78, 5) is 2.35. The number of nitrogens with one attached hydrogen (secondary N) is 1. The zero-order valence-corrected chi connectivity index (χ0v) is 12.9. The number of aromatic amines is 1. The van der Waals surface area contributed by atoms with Crippen molar-refractivity contribution in [2.24, 2.45) is 5.73 Å². The van der Waals surface area contributed by atoms with Gasteiger partial charge in [-0.1, -0.05) is 31.2 Å². The van der Waals surface area contributed by atoms with Gasteiger partial charge in [0.1, 0.15) is 0 Å². The molecule has 0 amide bonds. The number of nitrogens with two attached hydrogens (primary N) is 1. The number of aryl methyl sites for hydroxylation is 1. The van der Waals surface area contributed by atoms with Crippen molar-refractivity contribution in [2.75, 3.05) is 18.0 Å². The van der Waals surface area contributed by atoms with E-state index in [1.165, 1.54) is 16.7 Å². The first-order valence-corrected chi connectivity index (χ1v) is 7.84. The molecule has 4 heteroatoms. The maximum atomic E-state index is 5.98. The van der Waals surface area contributed by atoms with E-state index in [1.807, 2.05) is 0 Å². The van der Waals surface area contributed by atoms with E-state index in [-0.39, 0.29) is 0 Å². The minimum atomic E-state index is 0.349. The first-order valence-electron chi connectivity index (χ1n) is 7.84. The summed E-state index contributed by atoms with van der Waals surface area (Å²) in [6.07, 6.45) is 3.17. The van der Waals surface area contributed by atoms with Gasteiger partial charge in [-0.15, -0.1) is 0 Å². The Balaban J connectivity index is 1.84. The van der Waals surface area contributed by atoms with Gasteiger partial charge in [-0.2, -0.15) is 5.10 Å². The third-order valence-corrected chi connectivity index (χ3v) is 4.47. The highest BCUT2D eigenvalue weighted by Gasteiger charge is 2.21. The highest BCUT2D eigenvalue weighted by atomic mass is 15.3. The zero-order chi connectivity index (χ0) is 14.8. The van der Waals surface area contributed by atoms with E-state index >= 15 is 0 Å². The Labute approximate surface area is 126 Å². The van der Waals surface area contributed by atoms with Gasteiger partial charge in [0, 0.05) is 24.7 Å². The van der Waals surface area contributed by atoms with Crippen LogP contribution in [0, 0.1) is 6.92 Å². The topological polar surface area (TPSA) is 57.9 Å². The van der Waals surface area contributed by atoms with Crippen molar-refractivity contribution in [3.05, 3.63) is 35.4 Å². The van der Waals surface area contributed by atoms with E-state index in [9.17, 15) is 0 Å². The molecule has 4 nitrogen and oxygen atoms in total. The third-order valence-electron chi connectivity index (χ3n) is 4.47. The third kappa shape index (κ3) is 2.81. The standard InChI is InChI=1S/C17H24N4/c1-3-13-4-6-14(7-5-13)16-12(2)17(20-19-16)21-10-8-15(18)9-11-21/h4-7,15H,3,8-11,18H2,1-2H3,(H,19,20). The van der Waals surface area contributed by atoms with Crippen LogP contribution in [0.3, 0.4) is 0 Å². The van der Waals surface area contributed by atoms with Gasteiger partial charge >= 0.3 is 0 Å². The molecule has 1 aliphatic heterocycles. The second-order valence-corrected chi connectivity index (χ2v) is 5.92. The molecule has 1 aromatic heterocycles. The van der Waals surface area contributed by atoms with E-state index in [2.05, 4.69) is 53.2 Å². The number of hydrogen-bond donors (Lipinski definition) is 2. The first kappa shape index (κ1) is 14.1. The van der Waals surface area contributed by atoms with Crippen molar-refractivity contribution in [2.45, 2.75) is 39.2 Å². The van der Waals surface area contributed by atoms with Crippen molar-refractivity contribution in [1.29, 1.82) is 0 Å². The average molecular weight is 284 g/mol. The van der Waals surface area contributed by atoms with Gasteiger partial charge in [0.2, 0.25) is 0 Å². The fraction of sp³-hybridized carbons (Fsp3) is 0.471. The van der Waals surface area contributed by atoms with Gasteiger partial charge < -0.3 is 10.6 Å². The molecular weight excluding hydrogens is 260 g/mol. The van der Waals surface area contributed by atoms with Crippen molar-refractivity contribution in [3.63, 3.8) is 0 Å². The van der Waals surface area contributed by atoms with Crippen LogP contribution in [0.15, 0.2) is 24.3 Å². The molecule has 3 rings (SSSR count). The molecular formula is C17H24N4. The Kier molecular flexibility index (Phi) is 3.97. The van der Waals surface area contributed by atoms with Crippen molar-refractivity contribution >= 4 is 5.82 Å². The summed E-state index contributed by atoms with van der Waals surface area (Å²) in [5.74, 6) is 1.08. The van der Waals surface area contributed by atoms with Crippen molar-refractivity contribution < 1.29 is 0 Å². The second-order valence-electron chi connectivity index (χ2n) is 5.92. The predicted molar refractivity (Wildman–Crippen MR) is 87.6 cm³/mol. The molecule has 3 N–H and O–H groups in total. The summed E-state index contributed by atoms with van der Waals surface area (Å²) in [5.41, 5.74) is 10.9. The molecule has 2 heterocycles. The van der Waals surface area contributed by atoms with E-state index in [4.69, 9.17) is 5.73 Å². The number of H-pyrrole nitrogens is 1. The first-order chi connectivity index (χ1) is 10.2. The molecule has 0 bridgehead atoms. The maximum absolute atomic E-state index is 5.98. The van der Waals surface area contributed by atoms with Crippen LogP contribution < -0.4 is 10.6 Å². The SMILES string of the molecule is CCc1ccc(-c2[nH]nc(N3CCC(N)CC3)c2C)cc1. The largest absolute Gasteiger partial charge is 0.355 e. The van der Waals surface area contributed by atoms with Crippen LogP contribution in [0.5, 0.6) is 0 Å². The summed E-state index contributed by atoms with van der Waals surface area (Å²) >= 11 is 0. The lowest BCUT2D eigenvalue weighted by Gasteiger charge is -2.30. The molecule has 1 saturated heterocycles. The molecule has 0 radical (unpaired) electrons. The predicted octanol–water partition coefficient (Wildman–Crippen LogP) is 2.88. The summed E-state index contributed by atoms with van der Waals surface area (Å²) in [6, 6.07) is 9.08. The summed E-state index contributed by atoms with van der Waals surface area (Å²) in [5, 5.41) is 7.76. The van der Waals surface area contributed by atoms with Gasteiger partial charge in [0.25, 0.3) is 0 Å². The number of anilines is 1. The van der Waals surface area contributed by atoms with E-state index in [0.717, 1.165) is 43.9 Å². The van der Waals surface area contributed by atoms with Crippen LogP contribution in [0.1, 0.15) is 30.9 Å². The molecule has 21 heavy (non-hydrogen) atoms. The molecule has 1 aromatic carbocycles.